The van der Waals surface area contributed by atoms with Gasteiger partial charge in [-0.05, 0) is 19.1 Å². The molecule has 1 aromatic carbocycles. The average Bonchev–Trinajstić information content (AvgIpc) is 2.47. The van der Waals surface area contributed by atoms with E-state index in [4.69, 9.17) is 9.47 Å². The van der Waals surface area contributed by atoms with Gasteiger partial charge in [-0.25, -0.2) is 0 Å². The summed E-state index contributed by atoms with van der Waals surface area (Å²) in [5, 5.41) is 2.80. The second-order valence-corrected chi connectivity index (χ2v) is 5.05. The smallest absolute Gasteiger partial charge is 0.237 e. The van der Waals surface area contributed by atoms with E-state index in [2.05, 4.69) is 16.8 Å². The molecule has 1 amide bonds. The lowest BCUT2D eigenvalue weighted by Gasteiger charge is -2.42. The fourth-order valence-corrected chi connectivity index (χ4v) is 2.24. The van der Waals surface area contributed by atoms with E-state index >= 15 is 0 Å². The van der Waals surface area contributed by atoms with Crippen molar-refractivity contribution in [2.45, 2.75) is 19.1 Å². The van der Waals surface area contributed by atoms with E-state index in [1.807, 2.05) is 31.2 Å². The van der Waals surface area contributed by atoms with Crippen molar-refractivity contribution in [1.29, 1.82) is 0 Å². The first-order chi connectivity index (χ1) is 10.2. The Hall–Kier alpha value is -2.01. The van der Waals surface area contributed by atoms with Crippen LogP contribution in [0.3, 0.4) is 0 Å². The van der Waals surface area contributed by atoms with E-state index in [-0.39, 0.29) is 18.1 Å². The van der Waals surface area contributed by atoms with Crippen LogP contribution in [0.2, 0.25) is 0 Å². The Balaban J connectivity index is 1.81. The van der Waals surface area contributed by atoms with Crippen LogP contribution in [-0.4, -0.2) is 49.7 Å². The van der Waals surface area contributed by atoms with Crippen molar-refractivity contribution in [3.63, 3.8) is 0 Å². The molecule has 0 saturated carbocycles. The molecule has 21 heavy (non-hydrogen) atoms. The number of hydrogen-bond donors (Lipinski definition) is 1. The lowest BCUT2D eigenvalue weighted by molar-refractivity contribution is -0.129. The summed E-state index contributed by atoms with van der Waals surface area (Å²) in [6.07, 6.45) is 1.77. The van der Waals surface area contributed by atoms with Gasteiger partial charge in [0.2, 0.25) is 5.91 Å². The Bertz CT molecular complexity index is 498. The van der Waals surface area contributed by atoms with Gasteiger partial charge in [-0.1, -0.05) is 18.2 Å². The molecule has 1 N–H and O–H groups in total. The van der Waals surface area contributed by atoms with Gasteiger partial charge in [0.1, 0.15) is 6.10 Å². The first-order valence-electron chi connectivity index (χ1n) is 7.08. The molecule has 5 heteroatoms. The van der Waals surface area contributed by atoms with Crippen LogP contribution in [0, 0.1) is 0 Å². The summed E-state index contributed by atoms with van der Waals surface area (Å²) in [4.78, 5) is 13.9. The lowest BCUT2D eigenvalue weighted by atomic mass is 10.1. The van der Waals surface area contributed by atoms with Crippen LogP contribution in [0.15, 0.2) is 36.9 Å². The number of likely N-dealkylation sites (tertiary alicyclic amines) is 1. The highest BCUT2D eigenvalue weighted by Gasteiger charge is 2.35. The van der Waals surface area contributed by atoms with Crippen LogP contribution in [0.1, 0.15) is 6.92 Å². The monoisotopic (exact) mass is 290 g/mol. The number of para-hydroxylation sites is 2. The molecule has 114 valence electrons. The van der Waals surface area contributed by atoms with Gasteiger partial charge in [-0.2, -0.15) is 0 Å². The SMILES string of the molecule is C=CCNC(=O)[C@H](C)N1CC(Oc2ccccc2OC)C1. The Morgan fingerprint density at radius 3 is 2.76 bits per heavy atom. The summed E-state index contributed by atoms with van der Waals surface area (Å²) >= 11 is 0. The Kier molecular flexibility index (Phi) is 5.22. The maximum Gasteiger partial charge on any atom is 0.237 e. The number of carbonyl (C=O) groups is 1. The topological polar surface area (TPSA) is 50.8 Å². The molecule has 0 bridgehead atoms. The van der Waals surface area contributed by atoms with Gasteiger partial charge in [-0.15, -0.1) is 6.58 Å². The summed E-state index contributed by atoms with van der Waals surface area (Å²) in [5.41, 5.74) is 0. The van der Waals surface area contributed by atoms with Crippen LogP contribution in [0.5, 0.6) is 11.5 Å². The van der Waals surface area contributed by atoms with Gasteiger partial charge in [0.25, 0.3) is 0 Å². The number of amides is 1. The number of nitrogens with zero attached hydrogens (tertiary/aromatic N) is 1. The van der Waals surface area contributed by atoms with E-state index in [0.717, 1.165) is 24.6 Å². The van der Waals surface area contributed by atoms with Gasteiger partial charge in [0.15, 0.2) is 11.5 Å². The standard InChI is InChI=1S/C16H22N2O3/c1-4-9-17-16(19)12(2)18-10-13(11-18)21-15-8-6-5-7-14(15)20-3/h4-8,12-13H,1,9-11H2,2-3H3,(H,17,19)/t12-/m0/s1. The van der Waals surface area contributed by atoms with Gasteiger partial charge in [0.05, 0.1) is 13.2 Å². The molecule has 0 spiro atoms. The molecule has 0 aromatic heterocycles. The normalized spacial score (nSPS) is 16.7. The third-order valence-electron chi connectivity index (χ3n) is 3.59. The molecule has 5 nitrogen and oxygen atoms in total. The Labute approximate surface area is 125 Å². The maximum atomic E-state index is 11.8. The molecule has 1 fully saturated rings. The molecule has 1 aliphatic rings. The third-order valence-corrected chi connectivity index (χ3v) is 3.59. The largest absolute Gasteiger partial charge is 0.493 e. The van der Waals surface area contributed by atoms with Crippen molar-refractivity contribution in [2.75, 3.05) is 26.7 Å². The number of ether oxygens (including phenoxy) is 2. The minimum atomic E-state index is -0.150. The highest BCUT2D eigenvalue weighted by molar-refractivity contribution is 5.81. The van der Waals surface area contributed by atoms with E-state index in [9.17, 15) is 4.79 Å². The van der Waals surface area contributed by atoms with Crippen LogP contribution in [-0.2, 0) is 4.79 Å². The zero-order chi connectivity index (χ0) is 15.2. The minimum Gasteiger partial charge on any atom is -0.493 e. The second kappa shape index (κ2) is 7.13. The van der Waals surface area contributed by atoms with Crippen molar-refractivity contribution in [3.8, 4) is 11.5 Å². The molecule has 1 heterocycles. The molecular formula is C16H22N2O3. The number of rotatable bonds is 7. The number of nitrogens with one attached hydrogen (secondary N) is 1. The number of methoxy groups -OCH3 is 1. The van der Waals surface area contributed by atoms with Crippen molar-refractivity contribution in [2.24, 2.45) is 0 Å². The summed E-state index contributed by atoms with van der Waals surface area (Å²) in [7, 11) is 1.63. The van der Waals surface area contributed by atoms with Crippen molar-refractivity contribution >= 4 is 5.91 Å². The first kappa shape index (κ1) is 15.4. The zero-order valence-corrected chi connectivity index (χ0v) is 12.5. The molecule has 1 aromatic rings. The van der Waals surface area contributed by atoms with Gasteiger partial charge in [0, 0.05) is 19.6 Å². The van der Waals surface area contributed by atoms with Crippen LogP contribution in [0.25, 0.3) is 0 Å². The van der Waals surface area contributed by atoms with Crippen molar-refractivity contribution < 1.29 is 14.3 Å². The number of carbonyl (C=O) groups excluding carboxylic acids is 1. The molecule has 0 aliphatic carbocycles. The first-order valence-corrected chi connectivity index (χ1v) is 7.08. The fourth-order valence-electron chi connectivity index (χ4n) is 2.24. The summed E-state index contributed by atoms with van der Waals surface area (Å²) < 4.78 is 11.2. The summed E-state index contributed by atoms with van der Waals surface area (Å²) in [6, 6.07) is 7.44. The predicted octanol–water partition coefficient (Wildman–Crippen LogP) is 1.45. The second-order valence-electron chi connectivity index (χ2n) is 5.05. The number of hydrogen-bond acceptors (Lipinski definition) is 4. The highest BCUT2D eigenvalue weighted by Crippen LogP contribution is 2.29. The minimum absolute atomic E-state index is 0.0191. The summed E-state index contributed by atoms with van der Waals surface area (Å²) in [6.45, 7) is 7.46. The van der Waals surface area contributed by atoms with Crippen LogP contribution >= 0.6 is 0 Å². The van der Waals surface area contributed by atoms with Crippen LogP contribution < -0.4 is 14.8 Å². The molecule has 1 saturated heterocycles. The van der Waals surface area contributed by atoms with Crippen LogP contribution in [0.4, 0.5) is 0 Å². The van der Waals surface area contributed by atoms with E-state index in [0.29, 0.717) is 6.54 Å². The van der Waals surface area contributed by atoms with E-state index < -0.39 is 0 Å². The van der Waals surface area contributed by atoms with Crippen molar-refractivity contribution in [1.82, 2.24) is 10.2 Å². The van der Waals surface area contributed by atoms with Gasteiger partial charge in [-0.3, -0.25) is 9.69 Å². The molecule has 0 unspecified atom stereocenters. The molecule has 0 radical (unpaired) electrons. The molecule has 1 atom stereocenters. The van der Waals surface area contributed by atoms with E-state index in [1.165, 1.54) is 0 Å². The predicted molar refractivity (Wildman–Crippen MR) is 81.7 cm³/mol. The Morgan fingerprint density at radius 1 is 1.48 bits per heavy atom. The lowest BCUT2D eigenvalue weighted by Crippen LogP contribution is -2.60. The molecule has 1 aliphatic heterocycles. The fraction of sp³-hybridized carbons (Fsp3) is 0.438. The quantitative estimate of drug-likeness (QED) is 0.772. The summed E-state index contributed by atoms with van der Waals surface area (Å²) in [5.74, 6) is 1.49. The van der Waals surface area contributed by atoms with Gasteiger partial charge < -0.3 is 14.8 Å². The highest BCUT2D eigenvalue weighted by atomic mass is 16.5. The Morgan fingerprint density at radius 2 is 2.14 bits per heavy atom. The van der Waals surface area contributed by atoms with E-state index in [1.54, 1.807) is 13.2 Å². The number of benzene rings is 1. The zero-order valence-electron chi connectivity index (χ0n) is 12.5. The molecular weight excluding hydrogens is 268 g/mol. The van der Waals surface area contributed by atoms with Crippen molar-refractivity contribution in [3.05, 3.63) is 36.9 Å². The molecule has 2 rings (SSSR count). The van der Waals surface area contributed by atoms with Gasteiger partial charge >= 0.3 is 0 Å². The third kappa shape index (κ3) is 3.76. The average molecular weight is 290 g/mol. The maximum absolute atomic E-state index is 11.8.